The maximum absolute atomic E-state index is 13.3. The third kappa shape index (κ3) is 3.19. The number of amides is 1. The average Bonchev–Trinajstić information content (AvgIpc) is 2.72. The molecule has 1 amide bonds. The summed E-state index contributed by atoms with van der Waals surface area (Å²) in [6.45, 7) is 0. The molecule has 1 aromatic carbocycles. The first-order valence-electron chi connectivity index (χ1n) is 10.1. The summed E-state index contributed by atoms with van der Waals surface area (Å²) in [7, 11) is -2.70. The van der Waals surface area contributed by atoms with Gasteiger partial charge in [0.05, 0.1) is 25.0 Å². The smallest absolute Gasteiger partial charge is 0.255 e. The predicted octanol–water partition coefficient (Wildman–Crippen LogP) is -0.883. The van der Waals surface area contributed by atoms with Crippen molar-refractivity contribution in [2.24, 2.45) is 17.6 Å². The molecule has 13 heteroatoms. The quantitative estimate of drug-likeness (QED) is 0.284. The van der Waals surface area contributed by atoms with Gasteiger partial charge < -0.3 is 30.9 Å². The molecule has 0 bridgehead atoms. The summed E-state index contributed by atoms with van der Waals surface area (Å²) in [4.78, 5) is 38.4. The first-order valence-corrected chi connectivity index (χ1v) is 12.0. The molecular weight excluding hydrogens is 472 g/mol. The van der Waals surface area contributed by atoms with E-state index in [-0.39, 0.29) is 29.7 Å². The topological polar surface area (TPSA) is 214 Å². The van der Waals surface area contributed by atoms with Gasteiger partial charge in [-0.1, -0.05) is 0 Å². The molecular formula is C21H22N2O10S. The van der Waals surface area contributed by atoms with Crippen LogP contribution in [-0.4, -0.2) is 71.3 Å². The number of aliphatic hydroxyl groups excluding tert-OH is 2. The first kappa shape index (κ1) is 23.7. The molecule has 0 aliphatic heterocycles. The summed E-state index contributed by atoms with van der Waals surface area (Å²) < 4.78 is 31.3. The van der Waals surface area contributed by atoms with Gasteiger partial charge in [-0.25, -0.2) is 13.1 Å². The first-order chi connectivity index (χ1) is 15.7. The van der Waals surface area contributed by atoms with Crippen LogP contribution in [-0.2, 0) is 26.0 Å². The number of sulfonamides is 1. The fourth-order valence-electron chi connectivity index (χ4n) is 5.21. The minimum atomic E-state index is -4.06. The molecule has 0 saturated heterocycles. The Hall–Kier alpha value is -3.42. The lowest BCUT2D eigenvalue weighted by Crippen LogP contribution is -2.64. The number of nitrogens with two attached hydrogens (primary N) is 1. The van der Waals surface area contributed by atoms with Crippen LogP contribution in [0.3, 0.4) is 0 Å². The molecule has 3 aliphatic rings. The summed E-state index contributed by atoms with van der Waals surface area (Å²) in [6.07, 6.45) is 0.532. The highest BCUT2D eigenvalue weighted by atomic mass is 32.2. The molecule has 4 atom stereocenters. The minimum Gasteiger partial charge on any atom is -0.510 e. The van der Waals surface area contributed by atoms with Crippen LogP contribution in [0.2, 0.25) is 0 Å². The Morgan fingerprint density at radius 3 is 2.44 bits per heavy atom. The monoisotopic (exact) mass is 494 g/mol. The Kier molecular flexibility index (Phi) is 5.27. The van der Waals surface area contributed by atoms with Crippen molar-refractivity contribution in [3.8, 4) is 11.5 Å². The standard InChI is InChI=1S/C21H22N2O10S/c1-33-11-4-3-10(24)13-8(11)5-7-6-9-15(23-34(2,31)32)17(26)14(20(22)29)19(28)21(9,30)18(27)12(7)16(13)25/h3-4,7,9,15,23-24,26-27,30H,5-6H2,1-2H3,(H2,22,29)/t7-,9-,15-,21-/m0/s1. The number of carbonyl (C=O) groups excluding carboxylic acids is 3. The molecule has 0 unspecified atom stereocenters. The van der Waals surface area contributed by atoms with Crippen molar-refractivity contribution in [3.63, 3.8) is 0 Å². The van der Waals surface area contributed by atoms with E-state index >= 15 is 0 Å². The molecule has 182 valence electrons. The number of methoxy groups -OCH3 is 1. The molecule has 0 saturated carbocycles. The number of Topliss-reactive ketones (excluding diaryl/α,β-unsaturated/α-hetero) is 2. The number of hydrogen-bond donors (Lipinski definition) is 6. The van der Waals surface area contributed by atoms with Gasteiger partial charge in [0.1, 0.15) is 28.6 Å². The summed E-state index contributed by atoms with van der Waals surface area (Å²) in [6, 6.07) is 0.963. The van der Waals surface area contributed by atoms with Gasteiger partial charge in [0.25, 0.3) is 5.91 Å². The summed E-state index contributed by atoms with van der Waals surface area (Å²) in [5, 5.41) is 43.4. The number of ether oxygens (including phenoxy) is 1. The lowest BCUT2D eigenvalue weighted by atomic mass is 9.59. The van der Waals surface area contributed by atoms with Crippen molar-refractivity contribution in [2.45, 2.75) is 24.5 Å². The Balaban J connectivity index is 1.98. The van der Waals surface area contributed by atoms with E-state index in [1.807, 2.05) is 0 Å². The zero-order chi connectivity index (χ0) is 25.3. The van der Waals surface area contributed by atoms with Gasteiger partial charge in [-0.15, -0.1) is 0 Å². The number of phenolic OH excluding ortho intramolecular Hbond substituents is 1. The summed E-state index contributed by atoms with van der Waals surface area (Å²) >= 11 is 0. The maximum Gasteiger partial charge on any atom is 0.255 e. The molecule has 1 aromatic rings. The van der Waals surface area contributed by atoms with Crippen LogP contribution >= 0.6 is 0 Å². The maximum atomic E-state index is 13.3. The van der Waals surface area contributed by atoms with E-state index in [9.17, 15) is 43.2 Å². The lowest BCUT2D eigenvalue weighted by Gasteiger charge is -2.48. The second-order valence-corrected chi connectivity index (χ2v) is 10.3. The van der Waals surface area contributed by atoms with E-state index < -0.39 is 73.8 Å². The number of aromatic hydroxyl groups is 1. The molecule has 7 N–H and O–H groups in total. The average molecular weight is 494 g/mol. The normalized spacial score (nSPS) is 28.9. The van der Waals surface area contributed by atoms with Crippen molar-refractivity contribution < 1.29 is 48.0 Å². The van der Waals surface area contributed by atoms with Gasteiger partial charge in [-0.3, -0.25) is 14.4 Å². The molecule has 0 aromatic heterocycles. The number of rotatable bonds is 4. The van der Waals surface area contributed by atoms with Crippen LogP contribution in [0.25, 0.3) is 0 Å². The Morgan fingerprint density at radius 1 is 1.24 bits per heavy atom. The van der Waals surface area contributed by atoms with Crippen LogP contribution in [0.5, 0.6) is 11.5 Å². The second kappa shape index (κ2) is 7.55. The molecule has 0 heterocycles. The third-order valence-corrected chi connectivity index (χ3v) is 7.29. The minimum absolute atomic E-state index is 0.0254. The largest absolute Gasteiger partial charge is 0.510 e. The number of nitrogens with one attached hydrogen (secondary N) is 1. The highest BCUT2D eigenvalue weighted by Gasteiger charge is 2.63. The second-order valence-electron chi connectivity index (χ2n) is 8.56. The zero-order valence-corrected chi connectivity index (χ0v) is 18.8. The van der Waals surface area contributed by atoms with Crippen LogP contribution in [0, 0.1) is 11.8 Å². The van der Waals surface area contributed by atoms with Crippen molar-refractivity contribution in [2.75, 3.05) is 13.4 Å². The van der Waals surface area contributed by atoms with Gasteiger partial charge in [-0.2, -0.15) is 0 Å². The van der Waals surface area contributed by atoms with Gasteiger partial charge in [0, 0.05) is 17.1 Å². The third-order valence-electron chi connectivity index (χ3n) is 6.60. The highest BCUT2D eigenvalue weighted by Crippen LogP contribution is 2.52. The van der Waals surface area contributed by atoms with Crippen molar-refractivity contribution in [1.82, 2.24) is 4.72 Å². The van der Waals surface area contributed by atoms with Gasteiger partial charge >= 0.3 is 0 Å². The van der Waals surface area contributed by atoms with Crippen LogP contribution < -0.4 is 15.2 Å². The number of benzene rings is 1. The molecule has 3 aliphatic carbocycles. The number of hydrogen-bond acceptors (Lipinski definition) is 10. The van der Waals surface area contributed by atoms with Crippen molar-refractivity contribution in [3.05, 3.63) is 45.9 Å². The number of carbonyl (C=O) groups is 3. The number of allylic oxidation sites excluding steroid dienone is 1. The van der Waals surface area contributed by atoms with Gasteiger partial charge in [-0.05, 0) is 30.9 Å². The molecule has 12 nitrogen and oxygen atoms in total. The molecule has 0 fully saturated rings. The van der Waals surface area contributed by atoms with E-state index in [2.05, 4.69) is 4.72 Å². The Bertz CT molecular complexity index is 1330. The summed E-state index contributed by atoms with van der Waals surface area (Å²) in [5.41, 5.74) is 0.938. The van der Waals surface area contributed by atoms with Crippen LogP contribution in [0.4, 0.5) is 0 Å². The SMILES string of the molecule is COc1ccc(O)c2c1C[C@H]1C[C@H]3[C@H](NS(C)(=O)=O)C(O)=C(C(N)=O)C(=O)[C@@]3(O)C(O)=C1C2=O. The van der Waals surface area contributed by atoms with Crippen molar-refractivity contribution in [1.29, 1.82) is 0 Å². The number of phenols is 1. The van der Waals surface area contributed by atoms with Gasteiger partial charge in [0.2, 0.25) is 15.8 Å². The summed E-state index contributed by atoms with van der Waals surface area (Å²) in [5.74, 6) is -8.35. The number of aliphatic hydroxyl groups is 3. The Labute approximate surface area is 193 Å². The predicted molar refractivity (Wildman–Crippen MR) is 115 cm³/mol. The fraction of sp³-hybridized carbons (Fsp3) is 0.381. The van der Waals surface area contributed by atoms with Crippen LogP contribution in [0.15, 0.2) is 34.8 Å². The van der Waals surface area contributed by atoms with E-state index in [1.165, 1.54) is 19.2 Å². The lowest BCUT2D eigenvalue weighted by molar-refractivity contribution is -0.145. The molecule has 34 heavy (non-hydrogen) atoms. The van der Waals surface area contributed by atoms with Crippen LogP contribution in [0.1, 0.15) is 22.3 Å². The molecule has 0 radical (unpaired) electrons. The molecule has 4 rings (SSSR count). The van der Waals surface area contributed by atoms with E-state index in [1.54, 1.807) is 0 Å². The zero-order valence-electron chi connectivity index (χ0n) is 18.0. The fourth-order valence-corrected chi connectivity index (χ4v) is 5.94. The van der Waals surface area contributed by atoms with Crippen molar-refractivity contribution >= 4 is 27.5 Å². The molecule has 0 spiro atoms. The van der Waals surface area contributed by atoms with E-state index in [0.29, 0.717) is 5.56 Å². The number of ketones is 2. The van der Waals surface area contributed by atoms with E-state index in [4.69, 9.17) is 10.5 Å². The number of fused-ring (bicyclic) bond motifs is 3. The number of primary amides is 1. The Morgan fingerprint density at radius 2 is 1.88 bits per heavy atom. The van der Waals surface area contributed by atoms with E-state index in [0.717, 1.165) is 6.26 Å². The highest BCUT2D eigenvalue weighted by molar-refractivity contribution is 7.88. The van der Waals surface area contributed by atoms with Gasteiger partial charge in [0.15, 0.2) is 11.4 Å².